The number of aliphatic carboxylic acids is 2. The summed E-state index contributed by atoms with van der Waals surface area (Å²) in [7, 11) is 0. The summed E-state index contributed by atoms with van der Waals surface area (Å²) in [5.74, 6) is -5.80. The lowest BCUT2D eigenvalue weighted by Crippen LogP contribution is -2.59. The molecule has 7 N–H and O–H groups in total. The smallest absolute Gasteiger partial charge is 0.327 e. The number of nitrogens with two attached hydrogens (primary N) is 1. The largest absolute Gasteiger partial charge is 0.481 e. The molecule has 0 bridgehead atoms. The van der Waals surface area contributed by atoms with E-state index in [1.807, 2.05) is 18.2 Å². The second-order valence-electron chi connectivity index (χ2n) is 7.77. The van der Waals surface area contributed by atoms with Gasteiger partial charge in [0.2, 0.25) is 17.7 Å². The quantitative estimate of drug-likeness (QED) is 0.177. The highest BCUT2D eigenvalue weighted by Gasteiger charge is 2.32. The molecule has 1 aromatic carbocycles. The van der Waals surface area contributed by atoms with Crippen LogP contribution < -0.4 is 21.7 Å². The Kier molecular flexibility index (Phi) is 11.4. The maximum atomic E-state index is 12.8. The summed E-state index contributed by atoms with van der Waals surface area (Å²) in [6, 6.07) is 4.08. The van der Waals surface area contributed by atoms with Crippen LogP contribution in [0.3, 0.4) is 0 Å². The third-order valence-electron chi connectivity index (χ3n) is 4.69. The topological polar surface area (TPSA) is 188 Å². The molecule has 12 heteroatoms. The molecular weight excluding hydrogens is 452 g/mol. The lowest BCUT2D eigenvalue weighted by atomic mass is 10.0. The van der Waals surface area contributed by atoms with E-state index in [9.17, 15) is 24.0 Å². The van der Waals surface area contributed by atoms with E-state index < -0.39 is 66.2 Å². The molecule has 0 saturated carbocycles. The fourth-order valence-electron chi connectivity index (χ4n) is 2.86. The number of thiol groups is 1. The number of hydrogen-bond donors (Lipinski definition) is 7. The standard InChI is InChI=1S/C21H30N4O7S/c1-11(2)17(25-18(28)13(22)8-12-6-4-3-5-7-12)20(30)23-14(9-16(26)27)19(29)24-15(10-33)21(31)32/h3-7,11,13-15,17,33H,8-10,22H2,1-2H3,(H,23,30)(H,24,29)(H,25,28)(H,26,27)(H,31,32). The van der Waals surface area contributed by atoms with Crippen LogP contribution in [0.25, 0.3) is 0 Å². The van der Waals surface area contributed by atoms with Crippen molar-refractivity contribution in [2.24, 2.45) is 11.7 Å². The minimum atomic E-state index is -1.56. The van der Waals surface area contributed by atoms with E-state index in [4.69, 9.17) is 15.9 Å². The van der Waals surface area contributed by atoms with E-state index in [0.717, 1.165) is 5.56 Å². The first-order valence-electron chi connectivity index (χ1n) is 10.2. The molecule has 0 aliphatic heterocycles. The van der Waals surface area contributed by atoms with Crippen LogP contribution in [0.5, 0.6) is 0 Å². The maximum absolute atomic E-state index is 12.8. The van der Waals surface area contributed by atoms with Crippen molar-refractivity contribution in [2.45, 2.75) is 50.9 Å². The van der Waals surface area contributed by atoms with E-state index in [0.29, 0.717) is 0 Å². The summed E-state index contributed by atoms with van der Waals surface area (Å²) in [4.78, 5) is 60.1. The van der Waals surface area contributed by atoms with Crippen LogP contribution in [0.2, 0.25) is 0 Å². The fourth-order valence-corrected chi connectivity index (χ4v) is 3.11. The van der Waals surface area contributed by atoms with Gasteiger partial charge in [-0.15, -0.1) is 0 Å². The fraction of sp³-hybridized carbons (Fsp3) is 0.476. The van der Waals surface area contributed by atoms with Gasteiger partial charge in [-0.25, -0.2) is 4.79 Å². The number of carboxylic acid groups (broad SMARTS) is 2. The minimum absolute atomic E-state index is 0.237. The second-order valence-corrected chi connectivity index (χ2v) is 8.13. The van der Waals surface area contributed by atoms with Crippen LogP contribution in [-0.4, -0.2) is 69.8 Å². The molecule has 0 fully saturated rings. The lowest BCUT2D eigenvalue weighted by molar-refractivity contribution is -0.143. The van der Waals surface area contributed by atoms with Gasteiger partial charge in [0.25, 0.3) is 0 Å². The van der Waals surface area contributed by atoms with Crippen LogP contribution in [-0.2, 0) is 30.4 Å². The van der Waals surface area contributed by atoms with Crippen molar-refractivity contribution < 1.29 is 34.2 Å². The number of carbonyl (C=O) groups is 5. The molecule has 3 amide bonds. The Morgan fingerprint density at radius 2 is 1.48 bits per heavy atom. The van der Waals surface area contributed by atoms with Crippen molar-refractivity contribution in [2.75, 3.05) is 5.75 Å². The molecule has 11 nitrogen and oxygen atoms in total. The normalized spacial score (nSPS) is 14.5. The van der Waals surface area contributed by atoms with E-state index in [1.54, 1.807) is 26.0 Å². The highest BCUT2D eigenvalue weighted by Crippen LogP contribution is 2.07. The molecule has 0 heterocycles. The molecule has 0 aromatic heterocycles. The van der Waals surface area contributed by atoms with Crippen LogP contribution in [0.15, 0.2) is 30.3 Å². The van der Waals surface area contributed by atoms with E-state index in [2.05, 4.69) is 28.6 Å². The molecule has 4 unspecified atom stereocenters. The summed E-state index contributed by atoms with van der Waals surface area (Å²) in [5.41, 5.74) is 6.80. The minimum Gasteiger partial charge on any atom is -0.481 e. The Bertz CT molecular complexity index is 850. The predicted molar refractivity (Wildman–Crippen MR) is 122 cm³/mol. The van der Waals surface area contributed by atoms with Crippen LogP contribution in [0, 0.1) is 5.92 Å². The maximum Gasteiger partial charge on any atom is 0.327 e. The average Bonchev–Trinajstić information content (AvgIpc) is 2.74. The van der Waals surface area contributed by atoms with Gasteiger partial charge in [-0.1, -0.05) is 44.2 Å². The second kappa shape index (κ2) is 13.4. The van der Waals surface area contributed by atoms with Gasteiger partial charge >= 0.3 is 11.9 Å². The van der Waals surface area contributed by atoms with Gasteiger partial charge in [0.05, 0.1) is 12.5 Å². The van der Waals surface area contributed by atoms with Crippen molar-refractivity contribution in [3.63, 3.8) is 0 Å². The Morgan fingerprint density at radius 1 is 0.909 bits per heavy atom. The monoisotopic (exact) mass is 482 g/mol. The Balaban J connectivity index is 2.89. The first-order valence-corrected chi connectivity index (χ1v) is 10.9. The summed E-state index contributed by atoms with van der Waals surface area (Å²) in [5, 5.41) is 25.1. The average molecular weight is 483 g/mol. The summed E-state index contributed by atoms with van der Waals surface area (Å²) in [6.07, 6.45) is -0.549. The van der Waals surface area contributed by atoms with Crippen molar-refractivity contribution in [1.29, 1.82) is 0 Å². The van der Waals surface area contributed by atoms with Crippen molar-refractivity contribution in [3.05, 3.63) is 35.9 Å². The predicted octanol–water partition coefficient (Wildman–Crippen LogP) is -0.844. The van der Waals surface area contributed by atoms with Crippen LogP contribution in [0.4, 0.5) is 0 Å². The molecule has 4 atom stereocenters. The van der Waals surface area contributed by atoms with E-state index in [1.165, 1.54) is 0 Å². The Morgan fingerprint density at radius 3 is 1.97 bits per heavy atom. The Hall–Kier alpha value is -3.12. The molecule has 0 aliphatic rings. The number of benzene rings is 1. The van der Waals surface area contributed by atoms with Gasteiger partial charge in [0.1, 0.15) is 18.1 Å². The zero-order valence-corrected chi connectivity index (χ0v) is 19.2. The summed E-state index contributed by atoms with van der Waals surface area (Å²) in [6.45, 7) is 3.31. The SMILES string of the molecule is CC(C)C(NC(=O)C(N)Cc1ccccc1)C(=O)NC(CC(=O)O)C(=O)NC(CS)C(=O)O. The van der Waals surface area contributed by atoms with Crippen LogP contribution in [0.1, 0.15) is 25.8 Å². The molecule has 1 aromatic rings. The molecule has 182 valence electrons. The number of carbonyl (C=O) groups excluding carboxylic acids is 3. The van der Waals surface area contributed by atoms with Gasteiger partial charge in [0.15, 0.2) is 0 Å². The van der Waals surface area contributed by atoms with Gasteiger partial charge in [-0.05, 0) is 17.9 Å². The summed E-state index contributed by atoms with van der Waals surface area (Å²) < 4.78 is 0. The molecule has 0 saturated heterocycles. The first kappa shape index (κ1) is 27.9. The van der Waals surface area contributed by atoms with Gasteiger partial charge in [0, 0.05) is 5.75 Å². The first-order chi connectivity index (χ1) is 15.5. The van der Waals surface area contributed by atoms with Gasteiger partial charge in [-0.3, -0.25) is 19.2 Å². The molecular formula is C21H30N4O7S. The third kappa shape index (κ3) is 9.49. The Labute approximate surface area is 196 Å². The summed E-state index contributed by atoms with van der Waals surface area (Å²) >= 11 is 3.83. The number of hydrogen-bond acceptors (Lipinski definition) is 7. The molecule has 33 heavy (non-hydrogen) atoms. The molecule has 0 aliphatic carbocycles. The van der Waals surface area contributed by atoms with Crippen molar-refractivity contribution in [3.8, 4) is 0 Å². The number of rotatable bonds is 13. The number of carboxylic acids is 2. The lowest BCUT2D eigenvalue weighted by Gasteiger charge is -2.26. The van der Waals surface area contributed by atoms with E-state index >= 15 is 0 Å². The highest BCUT2D eigenvalue weighted by atomic mass is 32.1. The van der Waals surface area contributed by atoms with Gasteiger partial charge < -0.3 is 31.9 Å². The van der Waals surface area contributed by atoms with Gasteiger partial charge in [-0.2, -0.15) is 12.6 Å². The highest BCUT2D eigenvalue weighted by molar-refractivity contribution is 7.80. The zero-order valence-electron chi connectivity index (χ0n) is 18.4. The van der Waals surface area contributed by atoms with Crippen molar-refractivity contribution >= 4 is 42.3 Å². The van der Waals surface area contributed by atoms with Crippen LogP contribution >= 0.6 is 12.6 Å². The number of nitrogens with one attached hydrogen (secondary N) is 3. The molecule has 0 radical (unpaired) electrons. The number of amides is 3. The zero-order chi connectivity index (χ0) is 25.1. The van der Waals surface area contributed by atoms with E-state index in [-0.39, 0.29) is 12.2 Å². The molecule has 1 rings (SSSR count). The van der Waals surface area contributed by atoms with Crippen molar-refractivity contribution in [1.82, 2.24) is 16.0 Å². The third-order valence-corrected chi connectivity index (χ3v) is 5.06. The molecule has 0 spiro atoms.